The summed E-state index contributed by atoms with van der Waals surface area (Å²) in [5.74, 6) is -0.960. The average molecular weight is 305 g/mol. The van der Waals surface area contributed by atoms with Crippen LogP contribution in [0, 0.1) is 6.92 Å². The maximum Gasteiger partial charge on any atom is 0.339 e. The molecule has 121 valence electrons. The fraction of sp³-hybridized carbons (Fsp3) is 0.500. The minimum Gasteiger partial charge on any atom is -0.462 e. The van der Waals surface area contributed by atoms with E-state index >= 15 is 0 Å². The Morgan fingerprint density at radius 2 is 1.50 bits per heavy atom. The van der Waals surface area contributed by atoms with E-state index in [-0.39, 0.29) is 11.1 Å². The van der Waals surface area contributed by atoms with Gasteiger partial charge < -0.3 is 9.47 Å². The highest BCUT2D eigenvalue weighted by atomic mass is 16.5. The number of carbonyl (C=O) groups is 2. The molecular weight excluding hydrogens is 280 g/mol. The van der Waals surface area contributed by atoms with Crippen molar-refractivity contribution >= 4 is 11.9 Å². The normalized spacial score (nSPS) is 10.3. The first kappa shape index (κ1) is 18.2. The van der Waals surface area contributed by atoms with Gasteiger partial charge in [-0.05, 0) is 43.9 Å². The first-order valence-electron chi connectivity index (χ1n) is 7.90. The van der Waals surface area contributed by atoms with Gasteiger partial charge >= 0.3 is 11.9 Å². The number of benzene rings is 1. The monoisotopic (exact) mass is 305 g/mol. The maximum atomic E-state index is 12.2. The zero-order valence-corrected chi connectivity index (χ0v) is 13.5. The molecule has 0 heterocycles. The minimum absolute atomic E-state index is 0.259. The van der Waals surface area contributed by atoms with Crippen LogP contribution in [0.15, 0.2) is 18.2 Å². The number of hydrogen-bond donors (Lipinski definition) is 0. The zero-order chi connectivity index (χ0) is 16.4. The quantitative estimate of drug-likeness (QED) is 0.511. The largest absolute Gasteiger partial charge is 0.462 e. The van der Waals surface area contributed by atoms with Crippen LogP contribution in [-0.2, 0) is 15.9 Å². The molecule has 1 rings (SSSR count). The van der Waals surface area contributed by atoms with Gasteiger partial charge in [-0.3, -0.25) is 0 Å². The van der Waals surface area contributed by atoms with E-state index in [1.165, 1.54) is 0 Å². The number of esters is 2. The van der Waals surface area contributed by atoms with E-state index in [9.17, 15) is 9.59 Å². The van der Waals surface area contributed by atoms with Crippen LogP contribution in [-0.4, -0.2) is 25.2 Å². The van der Waals surface area contributed by atoms with Crippen LogP contribution in [0.5, 0.6) is 0 Å². The van der Waals surface area contributed by atoms with Crippen molar-refractivity contribution < 1.29 is 19.1 Å². The summed E-state index contributed by atoms with van der Waals surface area (Å²) >= 11 is 0. The molecule has 4 heteroatoms. The summed E-state index contributed by atoms with van der Waals surface area (Å²) in [6, 6.07) is 5.06. The van der Waals surface area contributed by atoms with Gasteiger partial charge in [-0.15, -0.1) is 0 Å². The summed E-state index contributed by atoms with van der Waals surface area (Å²) in [5, 5.41) is 0. The van der Waals surface area contributed by atoms with Crippen LogP contribution in [0.1, 0.15) is 65.8 Å². The number of carbonyl (C=O) groups excluding carboxylic acids is 2. The standard InChI is InChI=1S/C18H25O4/c1-4-7-11-21-17(19)15-10-9-14(6-3)13-16(15)18(20)22-12-8-5-2/h9-10,13H,3-8,11-12H2,1-2H3. The van der Waals surface area contributed by atoms with Crippen molar-refractivity contribution in [3.8, 4) is 0 Å². The van der Waals surface area contributed by atoms with Gasteiger partial charge in [-0.25, -0.2) is 9.59 Å². The summed E-state index contributed by atoms with van der Waals surface area (Å²) in [5.41, 5.74) is 1.40. The maximum absolute atomic E-state index is 12.2. The molecule has 0 spiro atoms. The van der Waals surface area contributed by atoms with Crippen LogP contribution in [0.3, 0.4) is 0 Å². The lowest BCUT2D eigenvalue weighted by atomic mass is 10.0. The van der Waals surface area contributed by atoms with Crippen molar-refractivity contribution in [3.63, 3.8) is 0 Å². The lowest BCUT2D eigenvalue weighted by Gasteiger charge is -2.11. The molecule has 0 bridgehead atoms. The van der Waals surface area contributed by atoms with Gasteiger partial charge in [0, 0.05) is 0 Å². The summed E-state index contributed by atoms with van der Waals surface area (Å²) in [6.07, 6.45) is 4.04. The summed E-state index contributed by atoms with van der Waals surface area (Å²) < 4.78 is 10.4. The molecule has 0 saturated carbocycles. The van der Waals surface area contributed by atoms with Crippen LogP contribution in [0.25, 0.3) is 0 Å². The molecule has 0 fully saturated rings. The van der Waals surface area contributed by atoms with Crippen molar-refractivity contribution in [2.75, 3.05) is 13.2 Å². The number of ether oxygens (including phenoxy) is 2. The fourth-order valence-corrected chi connectivity index (χ4v) is 1.87. The van der Waals surface area contributed by atoms with Crippen molar-refractivity contribution in [1.29, 1.82) is 0 Å². The molecule has 0 unspecified atom stereocenters. The third-order valence-electron chi connectivity index (χ3n) is 3.27. The van der Waals surface area contributed by atoms with Gasteiger partial charge in [0.05, 0.1) is 24.3 Å². The van der Waals surface area contributed by atoms with E-state index in [0.717, 1.165) is 31.2 Å². The van der Waals surface area contributed by atoms with Crippen LogP contribution in [0.4, 0.5) is 0 Å². The Hall–Kier alpha value is -1.84. The van der Waals surface area contributed by atoms with E-state index < -0.39 is 11.9 Å². The van der Waals surface area contributed by atoms with Crippen molar-refractivity contribution in [3.05, 3.63) is 41.8 Å². The fourth-order valence-electron chi connectivity index (χ4n) is 1.87. The van der Waals surface area contributed by atoms with Gasteiger partial charge in [0.2, 0.25) is 0 Å². The minimum atomic E-state index is -0.480. The lowest BCUT2D eigenvalue weighted by molar-refractivity contribution is 0.0452. The summed E-state index contributed by atoms with van der Waals surface area (Å²) in [7, 11) is 0. The molecule has 0 aliphatic carbocycles. The van der Waals surface area contributed by atoms with E-state index in [1.54, 1.807) is 18.2 Å². The van der Waals surface area contributed by atoms with Crippen LogP contribution < -0.4 is 0 Å². The van der Waals surface area contributed by atoms with Crippen molar-refractivity contribution in [2.45, 2.75) is 46.0 Å². The highest BCUT2D eigenvalue weighted by molar-refractivity contribution is 6.03. The van der Waals surface area contributed by atoms with Gasteiger partial charge in [0.15, 0.2) is 0 Å². The molecule has 0 aliphatic heterocycles. The Kier molecular flexibility index (Phi) is 8.26. The molecule has 0 aliphatic rings. The zero-order valence-electron chi connectivity index (χ0n) is 13.5. The SMILES string of the molecule is [CH2]Cc1ccc(C(=O)OCCCC)c(C(=O)OCCCC)c1. The third-order valence-corrected chi connectivity index (χ3v) is 3.27. The highest BCUT2D eigenvalue weighted by Crippen LogP contribution is 2.16. The van der Waals surface area contributed by atoms with Gasteiger partial charge in [-0.2, -0.15) is 0 Å². The number of rotatable bonds is 9. The Balaban J connectivity index is 2.90. The number of unbranched alkanes of at least 4 members (excludes halogenated alkanes) is 2. The van der Waals surface area contributed by atoms with E-state index in [2.05, 4.69) is 6.92 Å². The van der Waals surface area contributed by atoms with E-state index in [0.29, 0.717) is 19.6 Å². The second kappa shape index (κ2) is 9.98. The molecule has 1 aromatic rings. The summed E-state index contributed by atoms with van der Waals surface area (Å²) in [4.78, 5) is 24.3. The van der Waals surface area contributed by atoms with Gasteiger partial charge in [-0.1, -0.05) is 32.8 Å². The third kappa shape index (κ3) is 5.51. The summed E-state index contributed by atoms with van der Waals surface area (Å²) in [6.45, 7) is 8.55. The molecule has 4 nitrogen and oxygen atoms in total. The molecule has 0 aromatic heterocycles. The Morgan fingerprint density at radius 1 is 0.955 bits per heavy atom. The Bertz CT molecular complexity index is 494. The molecule has 0 N–H and O–H groups in total. The predicted octanol–water partition coefficient (Wildman–Crippen LogP) is 3.98. The first-order valence-corrected chi connectivity index (χ1v) is 7.90. The molecular formula is C18H25O4. The van der Waals surface area contributed by atoms with Crippen molar-refractivity contribution in [1.82, 2.24) is 0 Å². The molecule has 0 saturated heterocycles. The molecule has 1 radical (unpaired) electrons. The van der Waals surface area contributed by atoms with Gasteiger partial charge in [0.1, 0.15) is 0 Å². The molecule has 22 heavy (non-hydrogen) atoms. The second-order valence-corrected chi connectivity index (χ2v) is 5.11. The highest BCUT2D eigenvalue weighted by Gasteiger charge is 2.19. The Labute approximate surface area is 132 Å². The Morgan fingerprint density at radius 3 is 2.00 bits per heavy atom. The van der Waals surface area contributed by atoms with E-state index in [4.69, 9.17) is 9.47 Å². The predicted molar refractivity (Wildman–Crippen MR) is 85.9 cm³/mol. The number of hydrogen-bond acceptors (Lipinski definition) is 4. The second-order valence-electron chi connectivity index (χ2n) is 5.11. The average Bonchev–Trinajstić information content (AvgIpc) is 2.54. The first-order chi connectivity index (χ1) is 10.6. The van der Waals surface area contributed by atoms with Crippen LogP contribution >= 0.6 is 0 Å². The molecule has 0 atom stereocenters. The molecule has 1 aromatic carbocycles. The topological polar surface area (TPSA) is 52.6 Å². The van der Waals surface area contributed by atoms with Gasteiger partial charge in [0.25, 0.3) is 0 Å². The van der Waals surface area contributed by atoms with Crippen LogP contribution in [0.2, 0.25) is 0 Å². The molecule has 0 amide bonds. The lowest BCUT2D eigenvalue weighted by Crippen LogP contribution is -2.15. The van der Waals surface area contributed by atoms with E-state index in [1.807, 2.05) is 13.8 Å². The smallest absolute Gasteiger partial charge is 0.339 e. The van der Waals surface area contributed by atoms with Crippen molar-refractivity contribution in [2.24, 2.45) is 0 Å².